The van der Waals surface area contributed by atoms with Crippen LogP contribution in [0.4, 0.5) is 0 Å². The van der Waals surface area contributed by atoms with Gasteiger partial charge in [0.1, 0.15) is 17.2 Å². The van der Waals surface area contributed by atoms with Crippen molar-refractivity contribution in [1.82, 2.24) is 0 Å². The number of hydrogen-bond donors (Lipinski definition) is 1. The van der Waals surface area contributed by atoms with Crippen LogP contribution >= 0.6 is 31.1 Å². The molecule has 3 aromatic rings. The number of methoxy groups -OCH3 is 2. The molecule has 0 saturated heterocycles. The Morgan fingerprint density at radius 1 is 0.676 bits per heavy atom. The van der Waals surface area contributed by atoms with Gasteiger partial charge in [-0.25, -0.2) is 0 Å². The van der Waals surface area contributed by atoms with Crippen LogP contribution in [0.5, 0.6) is 17.2 Å². The zero-order valence-electron chi connectivity index (χ0n) is 21.1. The van der Waals surface area contributed by atoms with Gasteiger partial charge < -0.3 is 14.6 Å². The van der Waals surface area contributed by atoms with Gasteiger partial charge in [0, 0.05) is 37.1 Å². The van der Waals surface area contributed by atoms with E-state index in [4.69, 9.17) is 32.7 Å². The smallest absolute Gasteiger partial charge is 0.131 e. The van der Waals surface area contributed by atoms with E-state index in [0.29, 0.717) is 10.0 Å². The van der Waals surface area contributed by atoms with Crippen molar-refractivity contribution in [1.29, 1.82) is 0 Å². The second-order valence-corrected chi connectivity index (χ2v) is 13.3. The van der Waals surface area contributed by atoms with E-state index >= 15 is 0 Å². The fourth-order valence-electron chi connectivity index (χ4n) is 4.08. The van der Waals surface area contributed by atoms with Crippen molar-refractivity contribution in [2.45, 2.75) is 52.4 Å². The first-order chi connectivity index (χ1) is 15.8. The molecule has 3 rings (SSSR count). The molecule has 0 saturated carbocycles. The van der Waals surface area contributed by atoms with Crippen molar-refractivity contribution in [3.8, 4) is 17.2 Å². The summed E-state index contributed by atoms with van der Waals surface area (Å²) in [5, 5.41) is 14.8. The monoisotopic (exact) mass is 518 g/mol. The van der Waals surface area contributed by atoms with Gasteiger partial charge in [0.15, 0.2) is 0 Å². The Labute approximate surface area is 214 Å². The molecule has 0 spiro atoms. The molecule has 0 aliphatic heterocycles. The molecule has 182 valence electrons. The van der Waals surface area contributed by atoms with E-state index in [1.807, 2.05) is 42.5 Å². The van der Waals surface area contributed by atoms with Gasteiger partial charge in [-0.15, -0.1) is 0 Å². The zero-order valence-corrected chi connectivity index (χ0v) is 23.5. The quantitative estimate of drug-likeness (QED) is 0.367. The van der Waals surface area contributed by atoms with Gasteiger partial charge in [-0.2, -0.15) is 0 Å². The van der Waals surface area contributed by atoms with Crippen molar-refractivity contribution < 1.29 is 14.6 Å². The molecule has 0 atom stereocenters. The second kappa shape index (κ2) is 9.97. The van der Waals surface area contributed by atoms with Gasteiger partial charge in [-0.3, -0.25) is 0 Å². The summed E-state index contributed by atoms with van der Waals surface area (Å²) in [5.41, 5.74) is 1.58. The van der Waals surface area contributed by atoms with Crippen LogP contribution in [0.25, 0.3) is 0 Å². The van der Waals surface area contributed by atoms with E-state index in [-0.39, 0.29) is 16.6 Å². The van der Waals surface area contributed by atoms with E-state index in [2.05, 4.69) is 41.5 Å². The molecule has 0 unspecified atom stereocenters. The summed E-state index contributed by atoms with van der Waals surface area (Å²) in [6.45, 7) is 12.8. The highest BCUT2D eigenvalue weighted by Gasteiger charge is 2.33. The Morgan fingerprint density at radius 3 is 1.44 bits per heavy atom. The largest absolute Gasteiger partial charge is 0.507 e. The topological polar surface area (TPSA) is 38.7 Å². The Morgan fingerprint density at radius 2 is 1.09 bits per heavy atom. The lowest BCUT2D eigenvalue weighted by Crippen LogP contribution is -2.27. The van der Waals surface area contributed by atoms with Crippen LogP contribution in [0.3, 0.4) is 0 Å². The number of ether oxygens (including phenoxy) is 2. The highest BCUT2D eigenvalue weighted by atomic mass is 35.5. The number of halogens is 2. The maximum absolute atomic E-state index is 11.0. The van der Waals surface area contributed by atoms with Gasteiger partial charge >= 0.3 is 0 Å². The van der Waals surface area contributed by atoms with E-state index in [0.717, 1.165) is 38.5 Å². The van der Waals surface area contributed by atoms with E-state index in [1.165, 1.54) is 0 Å². The summed E-state index contributed by atoms with van der Waals surface area (Å²) in [7, 11) is 2.01. The summed E-state index contributed by atoms with van der Waals surface area (Å²) in [6.07, 6.45) is 0. The third kappa shape index (κ3) is 5.33. The molecule has 0 aromatic heterocycles. The van der Waals surface area contributed by atoms with Gasteiger partial charge in [0.2, 0.25) is 0 Å². The first-order valence-electron chi connectivity index (χ1n) is 11.1. The minimum atomic E-state index is -1.35. The van der Waals surface area contributed by atoms with E-state index in [1.54, 1.807) is 20.3 Å². The summed E-state index contributed by atoms with van der Waals surface area (Å²) < 4.78 is 12.1. The van der Waals surface area contributed by atoms with Crippen LogP contribution in [0.15, 0.2) is 48.5 Å². The summed E-state index contributed by atoms with van der Waals surface area (Å²) in [5.74, 6) is 1.71. The highest BCUT2D eigenvalue weighted by molar-refractivity contribution is 7.80. The lowest BCUT2D eigenvalue weighted by Gasteiger charge is -2.31. The molecule has 0 heterocycles. The Kier molecular flexibility index (Phi) is 7.82. The van der Waals surface area contributed by atoms with Crippen molar-refractivity contribution in [3.05, 3.63) is 69.7 Å². The summed E-state index contributed by atoms with van der Waals surface area (Å²) in [6, 6.07) is 15.2. The molecule has 0 fully saturated rings. The van der Waals surface area contributed by atoms with Crippen LogP contribution in [-0.4, -0.2) is 19.3 Å². The molecule has 3 nitrogen and oxygen atoms in total. The fourth-order valence-corrected chi connectivity index (χ4v) is 7.35. The number of para-hydroxylation sites is 1. The molecule has 0 bridgehead atoms. The molecule has 0 aliphatic rings. The average Bonchev–Trinajstić information content (AvgIpc) is 2.73. The normalized spacial score (nSPS) is 12.2. The van der Waals surface area contributed by atoms with Crippen molar-refractivity contribution in [2.24, 2.45) is 0 Å². The Hall–Kier alpha value is -1.93. The second-order valence-electron chi connectivity index (χ2n) is 10.3. The molecule has 0 radical (unpaired) electrons. The highest BCUT2D eigenvalue weighted by Crippen LogP contribution is 2.47. The molecule has 0 aliphatic carbocycles. The van der Waals surface area contributed by atoms with Crippen LogP contribution < -0.4 is 25.4 Å². The molecule has 6 heteroatoms. The van der Waals surface area contributed by atoms with Gasteiger partial charge in [0.25, 0.3) is 0 Å². The molecular formula is C28H33Cl2O3P. The maximum atomic E-state index is 11.0. The number of hydrogen-bond acceptors (Lipinski definition) is 3. The maximum Gasteiger partial charge on any atom is 0.131 e. The lowest BCUT2D eigenvalue weighted by molar-refractivity contribution is 0.400. The summed E-state index contributed by atoms with van der Waals surface area (Å²) in [4.78, 5) is 0. The number of phenolic OH excluding ortho intramolecular Hbond substituents is 1. The number of phenols is 1. The third-order valence-electron chi connectivity index (χ3n) is 5.70. The van der Waals surface area contributed by atoms with Crippen LogP contribution in [0, 0.1) is 0 Å². The van der Waals surface area contributed by atoms with E-state index in [9.17, 15) is 5.11 Å². The van der Waals surface area contributed by atoms with Crippen molar-refractivity contribution in [2.75, 3.05) is 14.2 Å². The SMILES string of the molecule is COc1c(P(c2ccccc2O)c2cc(Cl)cc(C(C)(C)C)c2OC)cc(Cl)cc1C(C)(C)C. The molecule has 0 amide bonds. The predicted molar refractivity (Wildman–Crippen MR) is 147 cm³/mol. The van der Waals surface area contributed by atoms with Crippen molar-refractivity contribution >= 4 is 47.0 Å². The number of benzene rings is 3. The van der Waals surface area contributed by atoms with Crippen LogP contribution in [-0.2, 0) is 10.8 Å². The third-order valence-corrected chi connectivity index (χ3v) is 8.62. The zero-order chi connectivity index (χ0) is 25.4. The van der Waals surface area contributed by atoms with Gasteiger partial charge in [0.05, 0.1) is 14.2 Å². The minimum absolute atomic E-state index is 0.201. The van der Waals surface area contributed by atoms with Crippen LogP contribution in [0.2, 0.25) is 10.0 Å². The van der Waals surface area contributed by atoms with Crippen LogP contribution in [0.1, 0.15) is 52.7 Å². The van der Waals surface area contributed by atoms with Crippen molar-refractivity contribution in [3.63, 3.8) is 0 Å². The number of rotatable bonds is 5. The first-order valence-corrected chi connectivity index (χ1v) is 13.2. The predicted octanol–water partition coefficient (Wildman–Crippen LogP) is 7.07. The standard InChI is InChI=1S/C28H33Cl2O3P/c1-27(2,3)19-13-17(29)15-23(25(19)32-7)34(22-12-10-9-11-21(22)31)24-16-18(30)14-20(26(24)33-8)28(4,5)6/h9-16,31H,1-8H3. The van der Waals surface area contributed by atoms with Gasteiger partial charge in [-0.05, 0) is 49.1 Å². The molecular weight excluding hydrogens is 486 g/mol. The van der Waals surface area contributed by atoms with Gasteiger partial charge in [-0.1, -0.05) is 82.9 Å². The first kappa shape index (κ1) is 26.7. The molecule has 3 aromatic carbocycles. The summed E-state index contributed by atoms with van der Waals surface area (Å²) >= 11 is 13.4. The molecule has 1 N–H and O–H groups in total. The van der Waals surface area contributed by atoms with E-state index < -0.39 is 7.92 Å². The minimum Gasteiger partial charge on any atom is -0.507 e. The Bertz CT molecular complexity index is 1120. The Balaban J connectivity index is 2.51. The molecule has 34 heavy (non-hydrogen) atoms. The average molecular weight is 519 g/mol. The lowest BCUT2D eigenvalue weighted by atomic mass is 9.86. The fraction of sp³-hybridized carbons (Fsp3) is 0.357. The number of aromatic hydroxyl groups is 1.